The molecule has 4 nitrogen and oxygen atoms in total. The topological polar surface area (TPSA) is 49.8 Å². The number of amides is 1. The Hall–Kier alpha value is -3.18. The lowest BCUT2D eigenvalue weighted by molar-refractivity contribution is -0.130. The first kappa shape index (κ1) is 22.0. The fourth-order valence-corrected chi connectivity index (χ4v) is 4.50. The van der Waals surface area contributed by atoms with E-state index in [2.05, 4.69) is 43.3 Å². The van der Waals surface area contributed by atoms with Crippen LogP contribution in [0, 0.1) is 0 Å². The van der Waals surface area contributed by atoms with Crippen molar-refractivity contribution < 1.29 is 14.6 Å². The zero-order valence-corrected chi connectivity index (χ0v) is 19.4. The minimum atomic E-state index is -0.373. The van der Waals surface area contributed by atoms with Gasteiger partial charge in [0.2, 0.25) is 0 Å². The number of thioether (sulfide) groups is 1. The quantitative estimate of drug-likeness (QED) is 0.451. The molecule has 0 saturated carbocycles. The third kappa shape index (κ3) is 4.26. The van der Waals surface area contributed by atoms with Gasteiger partial charge in [0, 0.05) is 17.0 Å². The van der Waals surface area contributed by atoms with Gasteiger partial charge in [-0.1, -0.05) is 55.5 Å². The van der Waals surface area contributed by atoms with Gasteiger partial charge in [-0.15, -0.1) is 11.8 Å². The van der Waals surface area contributed by atoms with Crippen molar-refractivity contribution in [2.75, 3.05) is 13.4 Å². The highest BCUT2D eigenvalue weighted by Gasteiger charge is 2.41. The summed E-state index contributed by atoms with van der Waals surface area (Å²) >= 11 is 1.68. The zero-order chi connectivity index (χ0) is 22.7. The van der Waals surface area contributed by atoms with Crippen LogP contribution in [0.5, 0.6) is 5.75 Å². The van der Waals surface area contributed by atoms with Gasteiger partial charge in [0.05, 0.1) is 13.2 Å². The lowest BCUT2D eigenvalue weighted by atomic mass is 9.92. The Morgan fingerprint density at radius 1 is 0.938 bits per heavy atom. The maximum absolute atomic E-state index is 13.2. The van der Waals surface area contributed by atoms with E-state index in [1.807, 2.05) is 42.7 Å². The number of methoxy groups -OCH3 is 1. The molecule has 0 unspecified atom stereocenters. The lowest BCUT2D eigenvalue weighted by Crippen LogP contribution is -2.29. The summed E-state index contributed by atoms with van der Waals surface area (Å²) < 4.78 is 5.28. The molecule has 1 aliphatic rings. The monoisotopic (exact) mass is 445 g/mol. The second kappa shape index (κ2) is 9.53. The summed E-state index contributed by atoms with van der Waals surface area (Å²) in [5, 5.41) is 11.0. The highest BCUT2D eigenvalue weighted by Crippen LogP contribution is 2.44. The molecule has 1 heterocycles. The molecule has 3 aromatic carbocycles. The van der Waals surface area contributed by atoms with Gasteiger partial charge < -0.3 is 14.7 Å². The molecule has 0 aliphatic carbocycles. The van der Waals surface area contributed by atoms with E-state index in [9.17, 15) is 9.90 Å². The third-order valence-electron chi connectivity index (χ3n) is 5.92. The van der Waals surface area contributed by atoms with Crippen molar-refractivity contribution in [3.63, 3.8) is 0 Å². The first-order valence-corrected chi connectivity index (χ1v) is 11.9. The minimum absolute atomic E-state index is 0.194. The molecule has 0 saturated heterocycles. The van der Waals surface area contributed by atoms with E-state index in [0.29, 0.717) is 12.1 Å². The molecule has 0 spiro atoms. The molecule has 0 fully saturated rings. The van der Waals surface area contributed by atoms with E-state index in [1.165, 1.54) is 10.5 Å². The van der Waals surface area contributed by atoms with E-state index >= 15 is 0 Å². The fraction of sp³-hybridized carbons (Fsp3) is 0.222. The Morgan fingerprint density at radius 2 is 1.56 bits per heavy atom. The SMILES string of the molecule is CCc1ccc([C@@H]2C(c3ccc(OC)cc3)=C(O)C(=O)N2Cc2ccc(SC)cc2)cc1. The zero-order valence-electron chi connectivity index (χ0n) is 18.5. The molecule has 0 radical (unpaired) electrons. The Morgan fingerprint density at radius 3 is 2.12 bits per heavy atom. The van der Waals surface area contributed by atoms with Gasteiger partial charge in [0.1, 0.15) is 5.75 Å². The van der Waals surface area contributed by atoms with E-state index in [4.69, 9.17) is 4.74 Å². The molecule has 1 atom stereocenters. The van der Waals surface area contributed by atoms with E-state index < -0.39 is 0 Å². The molecular formula is C27H27NO3S. The number of hydrogen-bond acceptors (Lipinski definition) is 4. The van der Waals surface area contributed by atoms with Crippen LogP contribution in [0.3, 0.4) is 0 Å². The number of aryl methyl sites for hydroxylation is 1. The van der Waals surface area contributed by atoms with Crippen LogP contribution in [0.25, 0.3) is 5.57 Å². The second-order valence-electron chi connectivity index (χ2n) is 7.77. The van der Waals surface area contributed by atoms with Gasteiger partial charge >= 0.3 is 0 Å². The number of rotatable bonds is 7. The van der Waals surface area contributed by atoms with E-state index in [-0.39, 0.29) is 17.7 Å². The van der Waals surface area contributed by atoms with Crippen molar-refractivity contribution in [1.29, 1.82) is 0 Å². The highest BCUT2D eigenvalue weighted by atomic mass is 32.2. The Labute approximate surface area is 193 Å². The lowest BCUT2D eigenvalue weighted by Gasteiger charge is -2.28. The van der Waals surface area contributed by atoms with E-state index in [1.54, 1.807) is 23.8 Å². The summed E-state index contributed by atoms with van der Waals surface area (Å²) in [5.41, 5.74) is 4.67. The summed E-state index contributed by atoms with van der Waals surface area (Å²) in [6.45, 7) is 2.53. The van der Waals surface area contributed by atoms with Gasteiger partial charge in [-0.3, -0.25) is 4.79 Å². The van der Waals surface area contributed by atoms with Crippen LogP contribution in [0.2, 0.25) is 0 Å². The molecule has 0 bridgehead atoms. The Kier molecular flexibility index (Phi) is 6.56. The number of carbonyl (C=O) groups is 1. The van der Waals surface area contributed by atoms with E-state index in [0.717, 1.165) is 28.9 Å². The van der Waals surface area contributed by atoms with Crippen LogP contribution in [0.15, 0.2) is 83.5 Å². The molecule has 4 rings (SSSR count). The van der Waals surface area contributed by atoms with Crippen LogP contribution in [0.4, 0.5) is 0 Å². The van der Waals surface area contributed by atoms with Crippen LogP contribution in [0.1, 0.15) is 35.2 Å². The molecule has 164 valence electrons. The smallest absolute Gasteiger partial charge is 0.290 e. The molecule has 1 N–H and O–H groups in total. The van der Waals surface area contributed by atoms with Crippen molar-refractivity contribution in [3.8, 4) is 5.75 Å². The third-order valence-corrected chi connectivity index (χ3v) is 6.66. The number of aliphatic hydroxyl groups is 1. The second-order valence-corrected chi connectivity index (χ2v) is 8.65. The maximum atomic E-state index is 13.2. The summed E-state index contributed by atoms with van der Waals surface area (Å²) in [4.78, 5) is 16.2. The standard InChI is InChI=1S/C27H27NO3S/c1-4-18-5-9-21(10-6-18)25-24(20-11-13-22(31-2)14-12-20)26(29)27(30)28(25)17-19-7-15-23(32-3)16-8-19/h5-16,25,29H,4,17H2,1-3H3/t25-/m1/s1. The normalized spacial score (nSPS) is 16.0. The van der Waals surface area contributed by atoms with Gasteiger partial charge in [0.15, 0.2) is 5.76 Å². The van der Waals surface area contributed by atoms with Gasteiger partial charge in [-0.25, -0.2) is 0 Å². The average Bonchev–Trinajstić information content (AvgIpc) is 3.09. The van der Waals surface area contributed by atoms with Gasteiger partial charge in [-0.05, 0) is 59.2 Å². The van der Waals surface area contributed by atoms with Crippen LogP contribution in [-0.2, 0) is 17.8 Å². The van der Waals surface area contributed by atoms with Crippen molar-refractivity contribution >= 4 is 23.2 Å². The molecular weight excluding hydrogens is 418 g/mol. The van der Waals surface area contributed by atoms with Crippen LogP contribution < -0.4 is 4.74 Å². The molecule has 32 heavy (non-hydrogen) atoms. The molecule has 5 heteroatoms. The number of benzene rings is 3. The van der Waals surface area contributed by atoms with Gasteiger partial charge in [0.25, 0.3) is 5.91 Å². The van der Waals surface area contributed by atoms with Crippen LogP contribution >= 0.6 is 11.8 Å². The number of hydrogen-bond donors (Lipinski definition) is 1. The predicted octanol–water partition coefficient (Wildman–Crippen LogP) is 6.03. The number of ether oxygens (including phenoxy) is 1. The Bertz CT molecular complexity index is 1120. The van der Waals surface area contributed by atoms with Crippen molar-refractivity contribution in [1.82, 2.24) is 4.90 Å². The first-order chi connectivity index (χ1) is 15.5. The summed E-state index contributed by atoms with van der Waals surface area (Å²) in [6, 6.07) is 23.6. The number of aliphatic hydroxyl groups excluding tert-OH is 1. The van der Waals surface area contributed by atoms with Crippen molar-refractivity contribution in [3.05, 3.63) is 101 Å². The fourth-order valence-electron chi connectivity index (χ4n) is 4.09. The highest BCUT2D eigenvalue weighted by molar-refractivity contribution is 7.98. The largest absolute Gasteiger partial charge is 0.503 e. The summed E-state index contributed by atoms with van der Waals surface area (Å²) in [7, 11) is 1.62. The number of nitrogens with zero attached hydrogens (tertiary/aromatic N) is 1. The molecule has 1 aliphatic heterocycles. The predicted molar refractivity (Wildman–Crippen MR) is 130 cm³/mol. The maximum Gasteiger partial charge on any atom is 0.290 e. The van der Waals surface area contributed by atoms with Crippen molar-refractivity contribution in [2.45, 2.75) is 30.8 Å². The molecule has 0 aromatic heterocycles. The molecule has 1 amide bonds. The first-order valence-electron chi connectivity index (χ1n) is 10.7. The van der Waals surface area contributed by atoms with Gasteiger partial charge in [-0.2, -0.15) is 0 Å². The Balaban J connectivity index is 1.76. The average molecular weight is 446 g/mol. The van der Waals surface area contributed by atoms with Crippen molar-refractivity contribution in [2.24, 2.45) is 0 Å². The number of carbonyl (C=O) groups excluding carboxylic acids is 1. The summed E-state index contributed by atoms with van der Waals surface area (Å²) in [6.07, 6.45) is 2.99. The minimum Gasteiger partial charge on any atom is -0.503 e. The summed E-state index contributed by atoms with van der Waals surface area (Å²) in [5.74, 6) is 0.183. The van der Waals surface area contributed by atoms with Crippen LogP contribution in [-0.4, -0.2) is 29.3 Å². The molecule has 3 aromatic rings.